The average molecular weight is 294 g/mol. The third-order valence-corrected chi connectivity index (χ3v) is 3.08. The van der Waals surface area contributed by atoms with E-state index in [9.17, 15) is 4.79 Å². The maximum Gasteiger partial charge on any atom is 0.305 e. The molecule has 0 rings (SSSR count). The van der Waals surface area contributed by atoms with Gasteiger partial charge in [-0.05, 0) is 38.5 Å². The number of unbranched alkanes of at least 4 members (excludes halogenated alkanes) is 5. The molecule has 2 nitrogen and oxygen atoms in total. The van der Waals surface area contributed by atoms with Crippen molar-refractivity contribution in [1.29, 1.82) is 0 Å². The van der Waals surface area contributed by atoms with Crippen molar-refractivity contribution < 1.29 is 12.3 Å². The fourth-order valence-electron chi connectivity index (χ4n) is 1.85. The largest absolute Gasteiger partial charge is 0.469 e. The van der Waals surface area contributed by atoms with E-state index >= 15 is 0 Å². The Hall–Kier alpha value is -1.31. The number of methoxy groups -OCH3 is 1. The lowest BCUT2D eigenvalue weighted by atomic mass is 10.1. The second kappa shape index (κ2) is 16.7. The van der Waals surface area contributed by atoms with Gasteiger partial charge in [0.15, 0.2) is 0 Å². The van der Waals surface area contributed by atoms with Crippen LogP contribution in [-0.2, 0) is 9.53 Å². The van der Waals surface area contributed by atoms with Crippen LogP contribution in [0.1, 0.15) is 73.8 Å². The predicted molar refractivity (Wildman–Crippen MR) is 91.3 cm³/mol. The topological polar surface area (TPSA) is 26.3 Å². The molecule has 0 aliphatic carbocycles. The highest BCUT2D eigenvalue weighted by molar-refractivity contribution is 5.68. The van der Waals surface area contributed by atoms with Gasteiger partial charge < -0.3 is 4.74 Å². The fourth-order valence-corrected chi connectivity index (χ4v) is 1.85. The van der Waals surface area contributed by atoms with Gasteiger partial charge in [0.05, 0.1) is 7.11 Å². The van der Waals surface area contributed by atoms with Crippen LogP contribution in [0.3, 0.4) is 0 Å². The smallest absolute Gasteiger partial charge is 0.305 e. The SMILES string of the molecule is [2H]C([2H])(/C=C\C/C=C\CC)/C=C\CCCCCCCC(=O)OC. The minimum absolute atomic E-state index is 0.131. The molecule has 0 unspecified atom stereocenters. The van der Waals surface area contributed by atoms with Crippen molar-refractivity contribution in [1.82, 2.24) is 0 Å². The molecule has 0 radical (unpaired) electrons. The monoisotopic (exact) mass is 294 g/mol. The zero-order valence-electron chi connectivity index (χ0n) is 15.6. The summed E-state index contributed by atoms with van der Waals surface area (Å²) in [5.41, 5.74) is 0. The third kappa shape index (κ3) is 16.6. The summed E-state index contributed by atoms with van der Waals surface area (Å²) < 4.78 is 20.3. The summed E-state index contributed by atoms with van der Waals surface area (Å²) in [6.45, 7) is 2.08. The molecule has 0 amide bonds. The van der Waals surface area contributed by atoms with E-state index in [-0.39, 0.29) is 5.97 Å². The normalized spacial score (nSPS) is 14.0. The molecule has 0 aliphatic rings. The van der Waals surface area contributed by atoms with Crippen molar-refractivity contribution in [2.24, 2.45) is 0 Å². The van der Waals surface area contributed by atoms with Crippen LogP contribution in [0.15, 0.2) is 36.5 Å². The maximum atomic E-state index is 10.9. The van der Waals surface area contributed by atoms with E-state index in [1.807, 2.05) is 12.2 Å². The van der Waals surface area contributed by atoms with Crippen LogP contribution < -0.4 is 0 Å². The number of allylic oxidation sites excluding steroid dienone is 6. The molecule has 0 heterocycles. The van der Waals surface area contributed by atoms with E-state index in [0.29, 0.717) is 6.42 Å². The molecule has 0 spiro atoms. The lowest BCUT2D eigenvalue weighted by Crippen LogP contribution is -1.98. The fraction of sp³-hybridized carbons (Fsp3) is 0.632. The minimum Gasteiger partial charge on any atom is -0.469 e. The van der Waals surface area contributed by atoms with Gasteiger partial charge in [0.25, 0.3) is 0 Å². The molecule has 0 aromatic carbocycles. The van der Waals surface area contributed by atoms with Crippen molar-refractivity contribution in [3.63, 3.8) is 0 Å². The number of ether oxygens (including phenoxy) is 1. The summed E-state index contributed by atoms with van der Waals surface area (Å²) in [4.78, 5) is 10.9. The Morgan fingerprint density at radius 3 is 2.38 bits per heavy atom. The molecule has 0 bridgehead atoms. The number of esters is 1. The van der Waals surface area contributed by atoms with Crippen LogP contribution >= 0.6 is 0 Å². The quantitative estimate of drug-likeness (QED) is 0.246. The van der Waals surface area contributed by atoms with Gasteiger partial charge in [-0.1, -0.05) is 62.6 Å². The summed E-state index contributed by atoms with van der Waals surface area (Å²) in [6, 6.07) is 0. The van der Waals surface area contributed by atoms with Crippen LogP contribution in [0.4, 0.5) is 0 Å². The predicted octanol–water partition coefficient (Wildman–Crippen LogP) is 5.75. The van der Waals surface area contributed by atoms with Crippen molar-refractivity contribution in [3.8, 4) is 0 Å². The van der Waals surface area contributed by atoms with E-state index in [0.717, 1.165) is 51.4 Å². The van der Waals surface area contributed by atoms with E-state index in [1.165, 1.54) is 7.11 Å². The van der Waals surface area contributed by atoms with E-state index in [1.54, 1.807) is 12.2 Å². The Balaban J connectivity index is 3.67. The van der Waals surface area contributed by atoms with Crippen LogP contribution in [-0.4, -0.2) is 13.1 Å². The van der Waals surface area contributed by atoms with Gasteiger partial charge >= 0.3 is 5.97 Å². The number of hydrogen-bond acceptors (Lipinski definition) is 2. The molecule has 0 fully saturated rings. The van der Waals surface area contributed by atoms with E-state index in [2.05, 4.69) is 23.8 Å². The Morgan fingerprint density at radius 2 is 1.62 bits per heavy atom. The molecule has 0 saturated heterocycles. The second-order valence-corrected chi connectivity index (χ2v) is 4.97. The molecule has 0 aromatic heterocycles. The number of rotatable bonds is 13. The lowest BCUT2D eigenvalue weighted by Gasteiger charge is -1.99. The summed E-state index contributed by atoms with van der Waals surface area (Å²) in [7, 11) is 1.42. The first kappa shape index (κ1) is 16.1. The molecule has 0 aromatic rings. The Bertz CT molecular complexity index is 385. The van der Waals surface area contributed by atoms with Gasteiger partial charge in [-0.2, -0.15) is 0 Å². The highest BCUT2D eigenvalue weighted by Gasteiger charge is 1.98. The number of carbonyl (C=O) groups is 1. The van der Waals surface area contributed by atoms with Crippen LogP contribution in [0.2, 0.25) is 0 Å². The van der Waals surface area contributed by atoms with Gasteiger partial charge in [0.2, 0.25) is 0 Å². The first-order valence-corrected chi connectivity index (χ1v) is 8.09. The van der Waals surface area contributed by atoms with E-state index < -0.39 is 6.37 Å². The van der Waals surface area contributed by atoms with Crippen LogP contribution in [0.25, 0.3) is 0 Å². The van der Waals surface area contributed by atoms with Gasteiger partial charge in [0.1, 0.15) is 0 Å². The highest BCUT2D eigenvalue weighted by atomic mass is 16.5. The van der Waals surface area contributed by atoms with Gasteiger partial charge in [-0.25, -0.2) is 0 Å². The van der Waals surface area contributed by atoms with Gasteiger partial charge in [-0.3, -0.25) is 4.79 Å². The number of carbonyl (C=O) groups excluding carboxylic acids is 1. The van der Waals surface area contributed by atoms with Crippen molar-refractivity contribution in [2.45, 2.75) is 71.1 Å². The van der Waals surface area contributed by atoms with Crippen molar-refractivity contribution in [2.75, 3.05) is 7.11 Å². The maximum absolute atomic E-state index is 10.9. The molecular weight excluding hydrogens is 260 g/mol. The average Bonchev–Trinajstić information content (AvgIpc) is 2.52. The van der Waals surface area contributed by atoms with Gasteiger partial charge in [0, 0.05) is 9.16 Å². The molecule has 120 valence electrons. The van der Waals surface area contributed by atoms with Crippen LogP contribution in [0, 0.1) is 0 Å². The summed E-state index contributed by atoms with van der Waals surface area (Å²) in [6.07, 6.45) is 18.3. The molecular formula is C19H32O2. The zero-order chi connectivity index (χ0) is 17.4. The summed E-state index contributed by atoms with van der Waals surface area (Å²) in [5.74, 6) is -0.131. The Labute approximate surface area is 133 Å². The molecule has 21 heavy (non-hydrogen) atoms. The second-order valence-electron chi connectivity index (χ2n) is 4.97. The van der Waals surface area contributed by atoms with Crippen LogP contribution in [0.5, 0.6) is 0 Å². The van der Waals surface area contributed by atoms with E-state index in [4.69, 9.17) is 2.74 Å². The highest BCUT2D eigenvalue weighted by Crippen LogP contribution is 2.08. The molecule has 2 heteroatoms. The number of hydrogen-bond donors (Lipinski definition) is 0. The zero-order valence-corrected chi connectivity index (χ0v) is 13.6. The minimum atomic E-state index is -1.36. The molecule has 0 aliphatic heterocycles. The standard InChI is InChI=1S/C19H32O2/c1-3-4-5-6-7-8-9-10-11-12-13-14-15-16-17-18-19(20)21-2/h4-5,7-8,10-11H,3,6,9,12-18H2,1-2H3/b5-4-,8-7-,11-10-/i9D2. The van der Waals surface area contributed by atoms with Crippen molar-refractivity contribution >= 4 is 5.97 Å². The third-order valence-electron chi connectivity index (χ3n) is 3.08. The molecule has 0 atom stereocenters. The van der Waals surface area contributed by atoms with Gasteiger partial charge in [-0.15, -0.1) is 0 Å². The first-order chi connectivity index (χ1) is 11.0. The summed E-state index contributed by atoms with van der Waals surface area (Å²) in [5, 5.41) is 0. The Morgan fingerprint density at radius 1 is 0.952 bits per heavy atom. The Kier molecular flexibility index (Phi) is 12.8. The first-order valence-electron chi connectivity index (χ1n) is 9.09. The summed E-state index contributed by atoms with van der Waals surface area (Å²) >= 11 is 0. The lowest BCUT2D eigenvalue weighted by molar-refractivity contribution is -0.140. The van der Waals surface area contributed by atoms with Crippen molar-refractivity contribution in [3.05, 3.63) is 36.5 Å². The molecule has 0 N–H and O–H groups in total. The molecule has 0 saturated carbocycles.